The number of ether oxygens (including phenoxy) is 1. The van der Waals surface area contributed by atoms with Crippen molar-refractivity contribution < 1.29 is 18.3 Å². The molecule has 0 atom stereocenters. The summed E-state index contributed by atoms with van der Waals surface area (Å²) < 4.78 is 26.6. The fraction of sp³-hybridized carbons (Fsp3) is 0.130. The number of hydrogen-bond donors (Lipinski definition) is 1. The van der Waals surface area contributed by atoms with Crippen molar-refractivity contribution in [2.24, 2.45) is 0 Å². The Bertz CT molecular complexity index is 1220. The van der Waals surface area contributed by atoms with Gasteiger partial charge in [-0.2, -0.15) is 5.10 Å². The van der Waals surface area contributed by atoms with Crippen molar-refractivity contribution in [3.8, 4) is 5.75 Å². The number of aryl methyl sites for hydroxylation is 1. The van der Waals surface area contributed by atoms with E-state index in [1.807, 2.05) is 13.0 Å². The third kappa shape index (κ3) is 5.13. The highest BCUT2D eigenvalue weighted by atomic mass is 35.5. The number of benzene rings is 2. The molecule has 0 saturated heterocycles. The largest absolute Gasteiger partial charge is 0.486 e. The van der Waals surface area contributed by atoms with E-state index in [0.717, 1.165) is 5.56 Å². The second-order valence-corrected chi connectivity index (χ2v) is 7.34. The molecule has 8 heteroatoms. The summed E-state index contributed by atoms with van der Waals surface area (Å²) in [5.74, 6) is 0.592. The van der Waals surface area contributed by atoms with E-state index in [2.05, 4.69) is 10.4 Å². The number of amides is 1. The molecule has 2 heterocycles. The average Bonchev–Trinajstić information content (AvgIpc) is 3.40. The zero-order valence-electron chi connectivity index (χ0n) is 16.6. The second-order valence-electron chi connectivity index (χ2n) is 6.94. The minimum absolute atomic E-state index is 0.146. The molecule has 31 heavy (non-hydrogen) atoms. The lowest BCUT2D eigenvalue weighted by Gasteiger charge is -2.06. The van der Waals surface area contributed by atoms with Crippen LogP contribution in [0, 0.1) is 12.7 Å². The van der Waals surface area contributed by atoms with E-state index in [-0.39, 0.29) is 24.7 Å². The highest BCUT2D eigenvalue weighted by molar-refractivity contribution is 6.31. The highest BCUT2D eigenvalue weighted by Crippen LogP contribution is 2.22. The number of furan rings is 1. The van der Waals surface area contributed by atoms with Gasteiger partial charge in [-0.1, -0.05) is 29.8 Å². The molecule has 4 rings (SSSR count). The molecule has 0 unspecified atom stereocenters. The lowest BCUT2D eigenvalue weighted by Crippen LogP contribution is -2.10. The van der Waals surface area contributed by atoms with Crippen LogP contribution in [-0.4, -0.2) is 15.7 Å². The first-order valence-corrected chi connectivity index (χ1v) is 9.90. The normalized spacial score (nSPS) is 10.8. The monoisotopic (exact) mass is 439 g/mol. The van der Waals surface area contributed by atoms with Crippen LogP contribution in [0.4, 0.5) is 10.1 Å². The number of rotatable bonds is 7. The van der Waals surface area contributed by atoms with Crippen molar-refractivity contribution in [1.82, 2.24) is 9.78 Å². The number of hydrogen-bond acceptors (Lipinski definition) is 4. The third-order valence-electron chi connectivity index (χ3n) is 4.58. The van der Waals surface area contributed by atoms with Crippen LogP contribution in [0.5, 0.6) is 5.75 Å². The smallest absolute Gasteiger partial charge is 0.291 e. The molecule has 0 fully saturated rings. The number of anilines is 1. The van der Waals surface area contributed by atoms with Crippen LogP contribution >= 0.6 is 11.6 Å². The number of carbonyl (C=O) groups is 1. The van der Waals surface area contributed by atoms with Crippen LogP contribution in [0.2, 0.25) is 5.02 Å². The van der Waals surface area contributed by atoms with Crippen LogP contribution in [-0.2, 0) is 13.2 Å². The first-order valence-electron chi connectivity index (χ1n) is 9.53. The Labute approximate surface area is 183 Å². The van der Waals surface area contributed by atoms with Gasteiger partial charge in [0.15, 0.2) is 5.76 Å². The number of carbonyl (C=O) groups excluding carboxylic acids is 1. The summed E-state index contributed by atoms with van der Waals surface area (Å²) in [6.45, 7) is 2.33. The molecule has 2 aromatic heterocycles. The van der Waals surface area contributed by atoms with Crippen molar-refractivity contribution in [2.45, 2.75) is 20.1 Å². The second kappa shape index (κ2) is 9.06. The molecular formula is C23H19ClFN3O3. The molecule has 4 aromatic rings. The predicted molar refractivity (Wildman–Crippen MR) is 115 cm³/mol. The number of nitrogens with zero attached hydrogens (tertiary/aromatic N) is 2. The molecule has 0 aliphatic heterocycles. The summed E-state index contributed by atoms with van der Waals surface area (Å²) in [5, 5.41) is 7.54. The molecule has 0 aliphatic rings. The third-order valence-corrected chi connectivity index (χ3v) is 5.00. The van der Waals surface area contributed by atoms with Crippen LogP contribution < -0.4 is 10.1 Å². The highest BCUT2D eigenvalue weighted by Gasteiger charge is 2.13. The Balaban J connectivity index is 1.34. The van der Waals surface area contributed by atoms with E-state index in [1.165, 1.54) is 12.3 Å². The van der Waals surface area contributed by atoms with Crippen molar-refractivity contribution in [3.63, 3.8) is 0 Å². The average molecular weight is 440 g/mol. The number of aromatic nitrogens is 2. The molecule has 1 amide bonds. The van der Waals surface area contributed by atoms with Crippen molar-refractivity contribution >= 4 is 23.2 Å². The first kappa shape index (κ1) is 20.7. The maximum absolute atomic E-state index is 13.8. The minimum atomic E-state index is -0.418. The molecular weight excluding hydrogens is 421 g/mol. The lowest BCUT2D eigenvalue weighted by atomic mass is 10.2. The lowest BCUT2D eigenvalue weighted by molar-refractivity contribution is 0.0992. The standard InChI is InChI=1S/C23H19ClFN3O3/c1-15-10-18(6-8-20(15)24)30-14-19-7-9-22(31-19)23(29)27-17-11-26-28(13-17)12-16-4-2-3-5-21(16)25/h2-11,13H,12,14H2,1H3,(H,27,29). The van der Waals surface area contributed by atoms with Gasteiger partial charge in [0.25, 0.3) is 5.91 Å². The van der Waals surface area contributed by atoms with Crippen LogP contribution in [0.3, 0.4) is 0 Å². The molecule has 6 nitrogen and oxygen atoms in total. The predicted octanol–water partition coefficient (Wildman–Crippen LogP) is 5.46. The van der Waals surface area contributed by atoms with Gasteiger partial charge in [-0.25, -0.2) is 4.39 Å². The van der Waals surface area contributed by atoms with Gasteiger partial charge in [-0.15, -0.1) is 0 Å². The van der Waals surface area contributed by atoms with Crippen molar-refractivity contribution in [3.05, 3.63) is 100 Å². The molecule has 158 valence electrons. The molecule has 2 aromatic carbocycles. The summed E-state index contributed by atoms with van der Waals surface area (Å²) in [6.07, 6.45) is 3.12. The van der Waals surface area contributed by atoms with Gasteiger partial charge in [0, 0.05) is 16.8 Å². The van der Waals surface area contributed by atoms with Crippen molar-refractivity contribution in [2.75, 3.05) is 5.32 Å². The quantitative estimate of drug-likeness (QED) is 0.415. The summed E-state index contributed by atoms with van der Waals surface area (Å²) in [5.41, 5.74) is 1.90. The fourth-order valence-electron chi connectivity index (χ4n) is 2.95. The molecule has 0 radical (unpaired) electrons. The molecule has 0 spiro atoms. The van der Waals surface area contributed by atoms with E-state index >= 15 is 0 Å². The Kier molecular flexibility index (Phi) is 6.04. The Morgan fingerprint density at radius 2 is 2.06 bits per heavy atom. The molecule has 0 aliphatic carbocycles. The van der Waals surface area contributed by atoms with E-state index in [1.54, 1.807) is 53.3 Å². The van der Waals surface area contributed by atoms with Gasteiger partial charge in [-0.3, -0.25) is 9.48 Å². The van der Waals surface area contributed by atoms with Gasteiger partial charge in [0.1, 0.15) is 23.9 Å². The zero-order valence-corrected chi connectivity index (χ0v) is 17.4. The topological polar surface area (TPSA) is 69.3 Å². The Morgan fingerprint density at radius 3 is 2.87 bits per heavy atom. The van der Waals surface area contributed by atoms with E-state index < -0.39 is 5.91 Å². The number of nitrogens with one attached hydrogen (secondary N) is 1. The Morgan fingerprint density at radius 1 is 1.23 bits per heavy atom. The summed E-state index contributed by atoms with van der Waals surface area (Å²) in [6, 6.07) is 15.1. The van der Waals surface area contributed by atoms with E-state index in [4.69, 9.17) is 20.8 Å². The van der Waals surface area contributed by atoms with Gasteiger partial charge in [-0.05, 0) is 48.9 Å². The fourth-order valence-corrected chi connectivity index (χ4v) is 3.06. The summed E-state index contributed by atoms with van der Waals surface area (Å²) in [7, 11) is 0. The van der Waals surface area contributed by atoms with Crippen molar-refractivity contribution in [1.29, 1.82) is 0 Å². The van der Waals surface area contributed by atoms with Crippen LogP contribution in [0.25, 0.3) is 0 Å². The zero-order chi connectivity index (χ0) is 21.8. The maximum Gasteiger partial charge on any atom is 0.291 e. The number of halogens is 2. The Hall–Kier alpha value is -3.58. The van der Waals surface area contributed by atoms with Crippen LogP contribution in [0.15, 0.2) is 71.4 Å². The van der Waals surface area contributed by atoms with E-state index in [9.17, 15) is 9.18 Å². The SMILES string of the molecule is Cc1cc(OCc2ccc(C(=O)Nc3cnn(Cc4ccccc4F)c3)o2)ccc1Cl. The van der Waals surface area contributed by atoms with Crippen LogP contribution in [0.1, 0.15) is 27.4 Å². The van der Waals surface area contributed by atoms with E-state index in [0.29, 0.717) is 27.8 Å². The molecule has 1 N–H and O–H groups in total. The minimum Gasteiger partial charge on any atom is -0.486 e. The first-order chi connectivity index (χ1) is 15.0. The van der Waals surface area contributed by atoms with Gasteiger partial charge in [0.2, 0.25) is 0 Å². The summed E-state index contributed by atoms with van der Waals surface area (Å²) in [4.78, 5) is 12.4. The van der Waals surface area contributed by atoms with Gasteiger partial charge < -0.3 is 14.5 Å². The molecule has 0 saturated carbocycles. The molecule has 0 bridgehead atoms. The summed E-state index contributed by atoms with van der Waals surface area (Å²) >= 11 is 6.01. The van der Waals surface area contributed by atoms with Gasteiger partial charge in [0.05, 0.1) is 18.4 Å². The maximum atomic E-state index is 13.8. The van der Waals surface area contributed by atoms with Gasteiger partial charge >= 0.3 is 0 Å².